The molecule has 4 heteroatoms. The van der Waals surface area contributed by atoms with E-state index in [2.05, 4.69) is 4.74 Å². The number of carbonyl (C=O) groups excluding carboxylic acids is 1. The Bertz CT molecular complexity index is 122. The van der Waals surface area contributed by atoms with Crippen LogP contribution in [0, 0.1) is 0 Å². The lowest BCUT2D eigenvalue weighted by Gasteiger charge is -2.01. The molecule has 1 aliphatic rings. The van der Waals surface area contributed by atoms with Gasteiger partial charge in [0, 0.05) is 13.2 Å². The molecular formula is C9H18O4. The molecule has 0 aromatic heterocycles. The monoisotopic (exact) mass is 190 g/mol. The predicted octanol–water partition coefficient (Wildman–Crippen LogP) is 0.727. The van der Waals surface area contributed by atoms with E-state index < -0.39 is 12.1 Å². The van der Waals surface area contributed by atoms with Crippen LogP contribution in [0.2, 0.25) is 0 Å². The second-order valence-electron chi connectivity index (χ2n) is 2.75. The summed E-state index contributed by atoms with van der Waals surface area (Å²) < 4.78 is 9.36. The maximum Gasteiger partial charge on any atom is 0.334 e. The summed E-state index contributed by atoms with van der Waals surface area (Å²) in [6.45, 7) is 5.39. The van der Waals surface area contributed by atoms with E-state index in [1.807, 2.05) is 0 Å². The van der Waals surface area contributed by atoms with Crippen LogP contribution in [0.5, 0.6) is 0 Å². The van der Waals surface area contributed by atoms with Gasteiger partial charge in [0.1, 0.15) is 6.10 Å². The van der Waals surface area contributed by atoms with Gasteiger partial charge in [-0.3, -0.25) is 0 Å². The smallest absolute Gasteiger partial charge is 0.334 e. The predicted molar refractivity (Wildman–Crippen MR) is 48.4 cm³/mol. The molecule has 0 saturated carbocycles. The van der Waals surface area contributed by atoms with Crippen LogP contribution in [0.25, 0.3) is 0 Å². The zero-order valence-corrected chi connectivity index (χ0v) is 8.28. The maximum absolute atomic E-state index is 10.3. The fraction of sp³-hybridized carbons (Fsp3) is 0.889. The normalized spacial score (nSPS) is 17.2. The molecule has 1 unspecified atom stereocenters. The minimum atomic E-state index is -0.991. The van der Waals surface area contributed by atoms with Crippen molar-refractivity contribution in [2.75, 3.05) is 19.8 Å². The van der Waals surface area contributed by atoms with E-state index in [4.69, 9.17) is 9.84 Å². The van der Waals surface area contributed by atoms with E-state index in [9.17, 15) is 4.79 Å². The second-order valence-corrected chi connectivity index (χ2v) is 2.75. The maximum atomic E-state index is 10.3. The topological polar surface area (TPSA) is 55.8 Å². The van der Waals surface area contributed by atoms with Gasteiger partial charge >= 0.3 is 5.97 Å². The summed E-state index contributed by atoms with van der Waals surface area (Å²) in [5.74, 6) is -0.562. The van der Waals surface area contributed by atoms with Gasteiger partial charge in [0.15, 0.2) is 0 Å². The van der Waals surface area contributed by atoms with E-state index in [0.717, 1.165) is 13.2 Å². The van der Waals surface area contributed by atoms with Gasteiger partial charge in [0.2, 0.25) is 0 Å². The first kappa shape index (κ1) is 12.4. The van der Waals surface area contributed by atoms with Crippen LogP contribution < -0.4 is 0 Å². The van der Waals surface area contributed by atoms with Crippen molar-refractivity contribution in [3.63, 3.8) is 0 Å². The standard InChI is InChI=1S/C5H10O3.C4H8O/c1-3-8-5(7)4(2)6;1-2-4-5-3-1/h4,6H,3H2,1-2H3;1-4H2. The van der Waals surface area contributed by atoms with Gasteiger partial charge in [-0.1, -0.05) is 0 Å². The molecule has 1 atom stereocenters. The molecule has 0 radical (unpaired) electrons. The van der Waals surface area contributed by atoms with Crippen molar-refractivity contribution in [1.29, 1.82) is 0 Å². The summed E-state index contributed by atoms with van der Waals surface area (Å²) in [6.07, 6.45) is 1.56. The molecule has 0 aromatic carbocycles. The van der Waals surface area contributed by atoms with Gasteiger partial charge < -0.3 is 14.6 Å². The third-order valence-corrected chi connectivity index (χ3v) is 1.46. The third-order valence-electron chi connectivity index (χ3n) is 1.46. The highest BCUT2D eigenvalue weighted by atomic mass is 16.5. The Morgan fingerprint density at radius 2 is 2.08 bits per heavy atom. The first-order valence-corrected chi connectivity index (χ1v) is 4.61. The fourth-order valence-corrected chi connectivity index (χ4v) is 0.773. The molecule has 0 amide bonds. The van der Waals surface area contributed by atoms with Crippen LogP contribution in [0.4, 0.5) is 0 Å². The van der Waals surface area contributed by atoms with E-state index in [-0.39, 0.29) is 0 Å². The van der Waals surface area contributed by atoms with Crippen molar-refractivity contribution in [3.05, 3.63) is 0 Å². The third kappa shape index (κ3) is 7.74. The molecule has 1 fully saturated rings. The SMILES string of the molecule is C1CCOC1.CCOC(=O)C(C)O. The molecule has 1 rings (SSSR count). The van der Waals surface area contributed by atoms with Crippen molar-refractivity contribution in [3.8, 4) is 0 Å². The first-order valence-electron chi connectivity index (χ1n) is 4.61. The largest absolute Gasteiger partial charge is 0.464 e. The quantitative estimate of drug-likeness (QED) is 0.652. The molecule has 0 aliphatic carbocycles. The average Bonchev–Trinajstić information content (AvgIpc) is 2.61. The number of esters is 1. The summed E-state index contributed by atoms with van der Waals surface area (Å²) in [4.78, 5) is 10.3. The lowest BCUT2D eigenvalue weighted by atomic mass is 10.4. The average molecular weight is 190 g/mol. The van der Waals surface area contributed by atoms with Crippen LogP contribution in [-0.4, -0.2) is 37.0 Å². The first-order chi connectivity index (χ1) is 6.18. The minimum Gasteiger partial charge on any atom is -0.464 e. The van der Waals surface area contributed by atoms with Crippen molar-refractivity contribution in [2.24, 2.45) is 0 Å². The van der Waals surface area contributed by atoms with Crippen molar-refractivity contribution < 1.29 is 19.4 Å². The zero-order chi connectivity index (χ0) is 10.1. The number of hydrogen-bond acceptors (Lipinski definition) is 4. The Labute approximate surface area is 78.8 Å². The zero-order valence-electron chi connectivity index (χ0n) is 8.28. The van der Waals surface area contributed by atoms with Crippen molar-refractivity contribution >= 4 is 5.97 Å². The molecule has 0 spiro atoms. The van der Waals surface area contributed by atoms with Gasteiger partial charge in [0.25, 0.3) is 0 Å². The number of rotatable bonds is 2. The summed E-state index contributed by atoms with van der Waals surface area (Å²) in [5.41, 5.74) is 0. The molecule has 4 nitrogen and oxygen atoms in total. The van der Waals surface area contributed by atoms with E-state index in [1.165, 1.54) is 19.8 Å². The van der Waals surface area contributed by atoms with Crippen LogP contribution in [0.3, 0.4) is 0 Å². The van der Waals surface area contributed by atoms with Crippen LogP contribution in [0.15, 0.2) is 0 Å². The molecular weight excluding hydrogens is 172 g/mol. The Kier molecular flexibility index (Phi) is 7.63. The van der Waals surface area contributed by atoms with Crippen LogP contribution in [-0.2, 0) is 14.3 Å². The van der Waals surface area contributed by atoms with Gasteiger partial charge in [0.05, 0.1) is 6.61 Å². The lowest BCUT2D eigenvalue weighted by Crippen LogP contribution is -2.18. The summed E-state index contributed by atoms with van der Waals surface area (Å²) in [7, 11) is 0. The minimum absolute atomic E-state index is 0.323. The number of aliphatic hydroxyl groups excluding tert-OH is 1. The highest BCUT2D eigenvalue weighted by molar-refractivity contribution is 5.73. The molecule has 0 bridgehead atoms. The summed E-state index contributed by atoms with van der Waals surface area (Å²) >= 11 is 0. The van der Waals surface area contributed by atoms with Gasteiger partial charge in [-0.05, 0) is 26.7 Å². The van der Waals surface area contributed by atoms with Gasteiger partial charge in [-0.15, -0.1) is 0 Å². The number of hydrogen-bond donors (Lipinski definition) is 1. The molecule has 13 heavy (non-hydrogen) atoms. The number of ether oxygens (including phenoxy) is 2. The van der Waals surface area contributed by atoms with E-state index >= 15 is 0 Å². The molecule has 0 aromatic rings. The van der Waals surface area contributed by atoms with Crippen molar-refractivity contribution in [1.82, 2.24) is 0 Å². The fourth-order valence-electron chi connectivity index (χ4n) is 0.773. The number of aliphatic hydroxyl groups is 1. The molecule has 1 N–H and O–H groups in total. The Hall–Kier alpha value is -0.610. The Morgan fingerprint density at radius 1 is 1.54 bits per heavy atom. The van der Waals surface area contributed by atoms with Crippen LogP contribution in [0.1, 0.15) is 26.7 Å². The van der Waals surface area contributed by atoms with Gasteiger partial charge in [-0.2, -0.15) is 0 Å². The van der Waals surface area contributed by atoms with Crippen molar-refractivity contribution in [2.45, 2.75) is 32.8 Å². The highest BCUT2D eigenvalue weighted by Crippen LogP contribution is 1.98. The van der Waals surface area contributed by atoms with Gasteiger partial charge in [-0.25, -0.2) is 4.79 Å². The van der Waals surface area contributed by atoms with E-state index in [0.29, 0.717) is 6.61 Å². The Morgan fingerprint density at radius 3 is 2.23 bits per heavy atom. The molecule has 78 valence electrons. The van der Waals surface area contributed by atoms with E-state index in [1.54, 1.807) is 6.92 Å². The second kappa shape index (κ2) is 8.01. The number of carbonyl (C=O) groups is 1. The summed E-state index contributed by atoms with van der Waals surface area (Å²) in [5, 5.41) is 8.48. The summed E-state index contributed by atoms with van der Waals surface area (Å²) in [6, 6.07) is 0. The highest BCUT2D eigenvalue weighted by Gasteiger charge is 2.07. The van der Waals surface area contributed by atoms with Crippen LogP contribution >= 0.6 is 0 Å². The molecule has 1 saturated heterocycles. The Balaban J connectivity index is 0.000000243. The molecule has 1 heterocycles. The lowest BCUT2D eigenvalue weighted by molar-refractivity contribution is -0.151. The molecule has 1 aliphatic heterocycles.